The number of sulfonamides is 1. The summed E-state index contributed by atoms with van der Waals surface area (Å²) in [5.74, 6) is 1.48. The van der Waals surface area contributed by atoms with Crippen molar-refractivity contribution in [3.05, 3.63) is 70.8 Å². The third-order valence-corrected chi connectivity index (χ3v) is 7.27. The summed E-state index contributed by atoms with van der Waals surface area (Å²) in [5.41, 5.74) is 5.64. The van der Waals surface area contributed by atoms with Gasteiger partial charge in [-0.15, -0.1) is 0 Å². The summed E-state index contributed by atoms with van der Waals surface area (Å²) in [6, 6.07) is 17.4. The molecule has 0 amide bonds. The molecule has 1 aliphatic heterocycles. The van der Waals surface area contributed by atoms with E-state index in [2.05, 4.69) is 48.5 Å². The number of hydrogen-bond donors (Lipinski definition) is 0. The van der Waals surface area contributed by atoms with Crippen LogP contribution in [0.15, 0.2) is 48.5 Å². The van der Waals surface area contributed by atoms with Crippen molar-refractivity contribution in [2.24, 2.45) is 11.8 Å². The monoisotopic (exact) mass is 325 g/mol. The maximum Gasteiger partial charge on any atom is 0.211 e. The van der Waals surface area contributed by atoms with Gasteiger partial charge in [0.05, 0.1) is 6.26 Å². The zero-order valence-electron chi connectivity index (χ0n) is 13.0. The van der Waals surface area contributed by atoms with E-state index in [1.165, 1.54) is 28.5 Å². The van der Waals surface area contributed by atoms with E-state index < -0.39 is 10.0 Å². The van der Waals surface area contributed by atoms with Crippen LogP contribution in [0.2, 0.25) is 0 Å². The number of rotatable bonds is 1. The van der Waals surface area contributed by atoms with Crippen molar-refractivity contribution >= 4 is 10.0 Å². The lowest BCUT2D eigenvalue weighted by atomic mass is 9.55. The molecule has 3 aliphatic carbocycles. The van der Waals surface area contributed by atoms with Crippen LogP contribution in [0.25, 0.3) is 0 Å². The predicted octanol–water partition coefficient (Wildman–Crippen LogP) is 2.79. The van der Waals surface area contributed by atoms with Crippen LogP contribution in [-0.2, 0) is 10.0 Å². The standard InChI is InChI=1S/C19H19NO2S/c1-23(21,22)20-10-16-17(11-20)19-13-7-3-2-6-12(13)18(16)14-8-4-5-9-15(14)19/h2-9,16-19H,10-11H2,1H3. The molecule has 1 saturated heterocycles. The average Bonchev–Trinajstić information content (AvgIpc) is 3.00. The topological polar surface area (TPSA) is 37.4 Å². The second-order valence-corrected chi connectivity index (χ2v) is 9.10. The van der Waals surface area contributed by atoms with Crippen LogP contribution in [0, 0.1) is 11.8 Å². The summed E-state index contributed by atoms with van der Waals surface area (Å²) < 4.78 is 25.9. The van der Waals surface area contributed by atoms with Gasteiger partial charge in [0, 0.05) is 24.9 Å². The first-order valence-corrected chi connectivity index (χ1v) is 10.0. The van der Waals surface area contributed by atoms with Gasteiger partial charge in [-0.3, -0.25) is 0 Å². The van der Waals surface area contributed by atoms with Crippen LogP contribution in [0.4, 0.5) is 0 Å². The summed E-state index contributed by atoms with van der Waals surface area (Å²) in [6.07, 6.45) is 1.34. The van der Waals surface area contributed by atoms with E-state index in [4.69, 9.17) is 0 Å². The van der Waals surface area contributed by atoms with Gasteiger partial charge in [-0.05, 0) is 34.1 Å². The Morgan fingerprint density at radius 1 is 0.783 bits per heavy atom. The minimum Gasteiger partial charge on any atom is -0.213 e. The van der Waals surface area contributed by atoms with Crippen LogP contribution in [-0.4, -0.2) is 32.1 Å². The molecule has 4 heteroatoms. The Morgan fingerprint density at radius 3 is 1.43 bits per heavy atom. The summed E-state index contributed by atoms with van der Waals surface area (Å²) in [5, 5.41) is 0. The minimum atomic E-state index is -3.12. The quantitative estimate of drug-likeness (QED) is 0.808. The molecule has 2 aromatic rings. The highest BCUT2D eigenvalue weighted by molar-refractivity contribution is 7.88. The number of benzene rings is 2. The molecule has 3 nitrogen and oxygen atoms in total. The zero-order valence-corrected chi connectivity index (χ0v) is 13.8. The van der Waals surface area contributed by atoms with Crippen LogP contribution in [0.1, 0.15) is 34.1 Å². The fraction of sp³-hybridized carbons (Fsp3) is 0.368. The molecule has 0 saturated carbocycles. The van der Waals surface area contributed by atoms with Crippen molar-refractivity contribution in [1.29, 1.82) is 0 Å². The van der Waals surface area contributed by atoms with Crippen molar-refractivity contribution in [2.45, 2.75) is 11.8 Å². The van der Waals surface area contributed by atoms with E-state index in [0.717, 1.165) is 0 Å². The van der Waals surface area contributed by atoms with E-state index in [-0.39, 0.29) is 0 Å². The van der Waals surface area contributed by atoms with Crippen LogP contribution in [0.5, 0.6) is 0 Å². The van der Waals surface area contributed by atoms with Crippen molar-refractivity contribution < 1.29 is 8.42 Å². The molecule has 2 atom stereocenters. The zero-order chi connectivity index (χ0) is 15.8. The first kappa shape index (κ1) is 13.8. The molecule has 0 N–H and O–H groups in total. The van der Waals surface area contributed by atoms with E-state index in [9.17, 15) is 8.42 Å². The lowest BCUT2D eigenvalue weighted by Gasteiger charge is -2.47. The molecule has 1 heterocycles. The molecule has 2 unspecified atom stereocenters. The third-order valence-electron chi connectivity index (χ3n) is 6.04. The Hall–Kier alpha value is -1.65. The Labute approximate surface area is 137 Å². The van der Waals surface area contributed by atoms with Gasteiger partial charge in [0.15, 0.2) is 0 Å². The predicted molar refractivity (Wildman–Crippen MR) is 90.0 cm³/mol. The smallest absolute Gasteiger partial charge is 0.211 e. The fourth-order valence-electron chi connectivity index (χ4n) is 5.20. The van der Waals surface area contributed by atoms with Crippen molar-refractivity contribution in [1.82, 2.24) is 4.31 Å². The van der Waals surface area contributed by atoms with Crippen LogP contribution in [0.3, 0.4) is 0 Å². The lowest BCUT2D eigenvalue weighted by molar-refractivity contribution is 0.294. The first-order valence-electron chi connectivity index (χ1n) is 8.18. The second-order valence-electron chi connectivity index (χ2n) is 7.12. The van der Waals surface area contributed by atoms with Gasteiger partial charge in [0.1, 0.15) is 0 Å². The summed E-state index contributed by atoms with van der Waals surface area (Å²) in [4.78, 5) is 0. The van der Waals surface area contributed by atoms with Crippen molar-refractivity contribution in [3.63, 3.8) is 0 Å². The molecule has 0 aromatic heterocycles. The van der Waals surface area contributed by atoms with Crippen LogP contribution < -0.4 is 0 Å². The minimum absolute atomic E-state index is 0.337. The number of hydrogen-bond acceptors (Lipinski definition) is 2. The molecule has 2 aromatic carbocycles. The lowest BCUT2D eigenvalue weighted by Crippen LogP contribution is -2.39. The first-order chi connectivity index (χ1) is 11.1. The van der Waals surface area contributed by atoms with Gasteiger partial charge in [0.25, 0.3) is 0 Å². The Kier molecular flexibility index (Phi) is 2.67. The van der Waals surface area contributed by atoms with Gasteiger partial charge in [0.2, 0.25) is 10.0 Å². The largest absolute Gasteiger partial charge is 0.213 e. The molecule has 4 aliphatic rings. The fourth-order valence-corrected chi connectivity index (χ4v) is 6.09. The summed E-state index contributed by atoms with van der Waals surface area (Å²) >= 11 is 0. The van der Waals surface area contributed by atoms with E-state index in [1.54, 1.807) is 4.31 Å². The van der Waals surface area contributed by atoms with Gasteiger partial charge in [-0.25, -0.2) is 12.7 Å². The highest BCUT2D eigenvalue weighted by Gasteiger charge is 2.54. The molecule has 118 valence electrons. The normalized spacial score (nSPS) is 31.5. The summed E-state index contributed by atoms with van der Waals surface area (Å²) in [6.45, 7) is 1.32. The average molecular weight is 325 g/mol. The third kappa shape index (κ3) is 1.76. The molecular weight excluding hydrogens is 306 g/mol. The SMILES string of the molecule is CS(=O)(=O)N1CC2C3c4ccccc4C(c4ccccc43)C2C1. The molecule has 0 spiro atoms. The summed E-state index contributed by atoms with van der Waals surface area (Å²) in [7, 11) is -3.12. The van der Waals surface area contributed by atoms with Gasteiger partial charge in [-0.1, -0.05) is 48.5 Å². The van der Waals surface area contributed by atoms with Gasteiger partial charge >= 0.3 is 0 Å². The van der Waals surface area contributed by atoms with Crippen molar-refractivity contribution in [2.75, 3.05) is 19.3 Å². The highest BCUT2D eigenvalue weighted by Crippen LogP contribution is 2.60. The van der Waals surface area contributed by atoms with Crippen LogP contribution >= 0.6 is 0 Å². The Balaban J connectivity index is 1.72. The maximum absolute atomic E-state index is 12.1. The van der Waals surface area contributed by atoms with E-state index in [0.29, 0.717) is 36.8 Å². The maximum atomic E-state index is 12.1. The van der Waals surface area contributed by atoms with Crippen molar-refractivity contribution in [3.8, 4) is 0 Å². The number of nitrogens with zero attached hydrogens (tertiary/aromatic N) is 1. The van der Waals surface area contributed by atoms with Gasteiger partial charge < -0.3 is 0 Å². The Morgan fingerprint density at radius 2 is 1.13 bits per heavy atom. The molecule has 23 heavy (non-hydrogen) atoms. The molecule has 2 bridgehead atoms. The van der Waals surface area contributed by atoms with Gasteiger partial charge in [-0.2, -0.15) is 0 Å². The van der Waals surface area contributed by atoms with E-state index >= 15 is 0 Å². The molecule has 1 fully saturated rings. The van der Waals surface area contributed by atoms with E-state index in [1.807, 2.05) is 0 Å². The molecule has 6 rings (SSSR count). The Bertz CT molecular complexity index is 800. The second kappa shape index (κ2) is 4.46. The highest BCUT2D eigenvalue weighted by atomic mass is 32.2. The molecular formula is C19H19NO2S. The molecule has 0 radical (unpaired) electrons.